The van der Waals surface area contributed by atoms with E-state index in [1.54, 1.807) is 17.0 Å². The number of hydrogen-bond acceptors (Lipinski definition) is 6. The van der Waals surface area contributed by atoms with Crippen LogP contribution in [0.3, 0.4) is 0 Å². The van der Waals surface area contributed by atoms with E-state index in [0.29, 0.717) is 31.7 Å². The number of nitrogens with zero attached hydrogens (tertiary/aromatic N) is 2. The number of para-hydroxylation sites is 1. The van der Waals surface area contributed by atoms with Gasteiger partial charge in [0.2, 0.25) is 0 Å². The maximum Gasteiger partial charge on any atom is 0.342 e. The van der Waals surface area contributed by atoms with E-state index in [1.807, 2.05) is 12.1 Å². The summed E-state index contributed by atoms with van der Waals surface area (Å²) >= 11 is 0. The lowest BCUT2D eigenvalue weighted by Crippen LogP contribution is -2.38. The van der Waals surface area contributed by atoms with Gasteiger partial charge in [0.15, 0.2) is 6.61 Å². The largest absolute Gasteiger partial charge is 0.496 e. The number of likely N-dealkylation sites (tertiary alicyclic amines) is 1. The Morgan fingerprint density at radius 3 is 2.50 bits per heavy atom. The quantitative estimate of drug-likeness (QED) is 0.618. The molecule has 2 aromatic carbocycles. The number of rotatable bonds is 6. The summed E-state index contributed by atoms with van der Waals surface area (Å²) in [6.45, 7) is 1.26. The molecule has 4 rings (SSSR count). The third kappa shape index (κ3) is 4.29. The Bertz CT molecular complexity index is 1130. The molecule has 8 nitrogen and oxygen atoms in total. The molecule has 1 fully saturated rings. The first kappa shape index (κ1) is 22.1. The van der Waals surface area contributed by atoms with Gasteiger partial charge in [0.25, 0.3) is 15.9 Å². The molecule has 0 bridgehead atoms. The highest BCUT2D eigenvalue weighted by Crippen LogP contribution is 2.34. The van der Waals surface area contributed by atoms with Gasteiger partial charge in [-0.1, -0.05) is 18.2 Å². The first-order valence-electron chi connectivity index (χ1n) is 10.7. The lowest BCUT2D eigenvalue weighted by atomic mass is 10.1. The molecule has 0 saturated carbocycles. The first-order chi connectivity index (χ1) is 15.4. The molecule has 0 atom stereocenters. The highest BCUT2D eigenvalue weighted by molar-refractivity contribution is 7.92. The number of carbonyl (C=O) groups excluding carboxylic acids is 2. The lowest BCUT2D eigenvalue weighted by Gasteiger charge is -2.26. The van der Waals surface area contributed by atoms with E-state index in [2.05, 4.69) is 0 Å². The molecule has 2 aliphatic rings. The van der Waals surface area contributed by atoms with Crippen molar-refractivity contribution in [2.24, 2.45) is 0 Å². The Labute approximate surface area is 187 Å². The van der Waals surface area contributed by atoms with E-state index in [9.17, 15) is 18.0 Å². The number of hydrogen-bond donors (Lipinski definition) is 0. The fourth-order valence-corrected chi connectivity index (χ4v) is 5.66. The van der Waals surface area contributed by atoms with Gasteiger partial charge in [0.1, 0.15) is 11.3 Å². The highest BCUT2D eigenvalue weighted by atomic mass is 32.2. The monoisotopic (exact) mass is 458 g/mol. The number of esters is 1. The number of benzene rings is 2. The first-order valence-corrected chi connectivity index (χ1v) is 12.1. The van der Waals surface area contributed by atoms with Crippen LogP contribution in [0, 0.1) is 0 Å². The van der Waals surface area contributed by atoms with Crippen LogP contribution in [0.2, 0.25) is 0 Å². The Morgan fingerprint density at radius 1 is 1.00 bits per heavy atom. The zero-order valence-corrected chi connectivity index (χ0v) is 18.8. The van der Waals surface area contributed by atoms with Crippen molar-refractivity contribution in [3.8, 4) is 5.75 Å². The molecule has 0 aliphatic carbocycles. The molecule has 170 valence electrons. The lowest BCUT2D eigenvalue weighted by molar-refractivity contribution is -0.135. The Morgan fingerprint density at radius 2 is 1.75 bits per heavy atom. The smallest absolute Gasteiger partial charge is 0.342 e. The Balaban J connectivity index is 1.55. The van der Waals surface area contributed by atoms with Crippen LogP contribution in [0.15, 0.2) is 47.4 Å². The van der Waals surface area contributed by atoms with Gasteiger partial charge < -0.3 is 14.4 Å². The van der Waals surface area contributed by atoms with E-state index in [0.717, 1.165) is 24.8 Å². The average molecular weight is 459 g/mol. The van der Waals surface area contributed by atoms with Crippen LogP contribution in [-0.2, 0) is 26.0 Å². The summed E-state index contributed by atoms with van der Waals surface area (Å²) in [7, 11) is -2.50. The van der Waals surface area contributed by atoms with Gasteiger partial charge in [0.05, 0.1) is 17.7 Å². The van der Waals surface area contributed by atoms with Crippen LogP contribution in [0.4, 0.5) is 5.69 Å². The van der Waals surface area contributed by atoms with Crippen molar-refractivity contribution in [1.82, 2.24) is 4.90 Å². The van der Waals surface area contributed by atoms with E-state index in [4.69, 9.17) is 9.47 Å². The topological polar surface area (TPSA) is 93.2 Å². The Kier molecular flexibility index (Phi) is 6.36. The predicted octanol–water partition coefficient (Wildman–Crippen LogP) is 2.62. The van der Waals surface area contributed by atoms with E-state index < -0.39 is 22.6 Å². The molecule has 0 aromatic heterocycles. The third-order valence-corrected chi connectivity index (χ3v) is 7.67. The fraction of sp³-hybridized carbons (Fsp3) is 0.391. The summed E-state index contributed by atoms with van der Waals surface area (Å²) in [4.78, 5) is 26.7. The van der Waals surface area contributed by atoms with Gasteiger partial charge in [-0.15, -0.1) is 0 Å². The zero-order valence-electron chi connectivity index (χ0n) is 18.0. The second kappa shape index (κ2) is 9.20. The van der Waals surface area contributed by atoms with Gasteiger partial charge in [0, 0.05) is 19.6 Å². The number of ether oxygens (including phenoxy) is 2. The van der Waals surface area contributed by atoms with Crippen molar-refractivity contribution < 1.29 is 27.5 Å². The maximum absolute atomic E-state index is 13.3. The van der Waals surface area contributed by atoms with Crippen molar-refractivity contribution in [2.75, 3.05) is 37.7 Å². The van der Waals surface area contributed by atoms with Crippen molar-refractivity contribution >= 4 is 27.6 Å². The number of sulfonamides is 1. The van der Waals surface area contributed by atoms with Crippen molar-refractivity contribution in [2.45, 2.75) is 30.6 Å². The second-order valence-electron chi connectivity index (χ2n) is 7.84. The molecule has 0 radical (unpaired) electrons. The van der Waals surface area contributed by atoms with Crippen LogP contribution < -0.4 is 9.04 Å². The number of fused-ring (bicyclic) bond motifs is 1. The van der Waals surface area contributed by atoms with Crippen molar-refractivity contribution in [3.05, 3.63) is 53.6 Å². The molecule has 1 amide bonds. The molecule has 2 aromatic rings. The third-order valence-electron chi connectivity index (χ3n) is 5.86. The molecule has 32 heavy (non-hydrogen) atoms. The second-order valence-corrected chi connectivity index (χ2v) is 9.70. The minimum Gasteiger partial charge on any atom is -0.496 e. The van der Waals surface area contributed by atoms with Gasteiger partial charge in [-0.2, -0.15) is 0 Å². The molecule has 0 spiro atoms. The summed E-state index contributed by atoms with van der Waals surface area (Å²) in [5.41, 5.74) is 1.56. The van der Waals surface area contributed by atoms with Gasteiger partial charge >= 0.3 is 5.97 Å². The average Bonchev–Trinajstić information content (AvgIpc) is 3.27. The summed E-state index contributed by atoms with van der Waals surface area (Å²) in [5, 5.41) is 0. The molecular weight excluding hydrogens is 432 g/mol. The Hall–Kier alpha value is -3.07. The summed E-state index contributed by atoms with van der Waals surface area (Å²) < 4.78 is 38.4. The van der Waals surface area contributed by atoms with Gasteiger partial charge in [-0.3, -0.25) is 9.10 Å². The minimum absolute atomic E-state index is 0.0347. The SMILES string of the molecule is COc1ccc(S(=O)(=O)N2CCc3ccccc32)cc1C(=O)OCC(=O)N1CCCCC1. The maximum atomic E-state index is 13.3. The molecule has 2 aliphatic heterocycles. The van der Waals surface area contributed by atoms with Gasteiger partial charge in [-0.05, 0) is 55.5 Å². The molecule has 0 N–H and O–H groups in total. The highest BCUT2D eigenvalue weighted by Gasteiger charge is 2.32. The fourth-order valence-electron chi connectivity index (χ4n) is 4.13. The van der Waals surface area contributed by atoms with Gasteiger partial charge in [-0.25, -0.2) is 13.2 Å². The van der Waals surface area contributed by atoms with Crippen molar-refractivity contribution in [1.29, 1.82) is 0 Å². The standard InChI is InChI=1S/C23H26N2O6S/c1-30-21-10-9-18(32(28,29)25-14-11-17-7-3-4-8-20(17)25)15-19(21)23(27)31-16-22(26)24-12-5-2-6-13-24/h3-4,7-10,15H,2,5-6,11-14,16H2,1H3. The number of carbonyl (C=O) groups is 2. The van der Waals surface area contributed by atoms with Crippen molar-refractivity contribution in [3.63, 3.8) is 0 Å². The van der Waals surface area contributed by atoms with E-state index >= 15 is 0 Å². The molecular formula is C23H26N2O6S. The van der Waals surface area contributed by atoms with Crippen LogP contribution in [0.25, 0.3) is 0 Å². The molecule has 9 heteroatoms. The molecule has 0 unspecified atom stereocenters. The predicted molar refractivity (Wildman–Crippen MR) is 118 cm³/mol. The van der Waals surface area contributed by atoms with Crippen LogP contribution in [-0.4, -0.2) is 58.5 Å². The number of anilines is 1. The van der Waals surface area contributed by atoms with Crippen LogP contribution in [0.5, 0.6) is 5.75 Å². The van der Waals surface area contributed by atoms with E-state index in [-0.39, 0.29) is 22.1 Å². The molecule has 2 heterocycles. The normalized spacial score (nSPS) is 15.9. The molecule has 1 saturated heterocycles. The minimum atomic E-state index is -3.89. The summed E-state index contributed by atoms with van der Waals surface area (Å²) in [6.07, 6.45) is 3.59. The summed E-state index contributed by atoms with van der Waals surface area (Å²) in [5.74, 6) is -0.873. The number of piperidine rings is 1. The summed E-state index contributed by atoms with van der Waals surface area (Å²) in [6, 6.07) is 11.4. The van der Waals surface area contributed by atoms with Crippen LogP contribution in [0.1, 0.15) is 35.2 Å². The van der Waals surface area contributed by atoms with E-state index in [1.165, 1.54) is 29.6 Å². The number of amides is 1. The van der Waals surface area contributed by atoms with Crippen LogP contribution >= 0.6 is 0 Å². The number of methoxy groups -OCH3 is 1. The zero-order chi connectivity index (χ0) is 22.7.